The van der Waals surface area contributed by atoms with Gasteiger partial charge in [0, 0.05) is 18.0 Å². The van der Waals surface area contributed by atoms with E-state index in [9.17, 15) is 14.9 Å². The number of thiophene rings is 1. The number of carbonyl (C=O) groups is 1. The van der Waals surface area contributed by atoms with Crippen LogP contribution in [-0.4, -0.2) is 33.4 Å². The zero-order valence-electron chi connectivity index (χ0n) is 12.5. The second kappa shape index (κ2) is 6.33. The molecule has 23 heavy (non-hydrogen) atoms. The number of hydrogen-bond donors (Lipinski definition) is 0. The Morgan fingerprint density at radius 2 is 2.35 bits per heavy atom. The Balaban J connectivity index is 1.70. The lowest BCUT2D eigenvalue weighted by molar-refractivity contribution is -0.390. The molecule has 0 bridgehead atoms. The van der Waals surface area contributed by atoms with Gasteiger partial charge in [0.15, 0.2) is 6.10 Å². The number of aromatic nitrogens is 1. The number of nitro groups is 1. The van der Waals surface area contributed by atoms with E-state index in [2.05, 4.69) is 4.98 Å². The van der Waals surface area contributed by atoms with Gasteiger partial charge in [0.05, 0.1) is 0 Å². The molecule has 2 aromatic heterocycles. The molecule has 1 unspecified atom stereocenters. The third-order valence-electron chi connectivity index (χ3n) is 3.69. The summed E-state index contributed by atoms with van der Waals surface area (Å²) in [5, 5.41) is 13.0. The molecule has 1 aliphatic rings. The van der Waals surface area contributed by atoms with Crippen LogP contribution in [0.2, 0.25) is 0 Å². The van der Waals surface area contributed by atoms with Crippen molar-refractivity contribution in [3.63, 3.8) is 0 Å². The summed E-state index contributed by atoms with van der Waals surface area (Å²) < 4.78 is 5.50. The Morgan fingerprint density at radius 1 is 1.52 bits per heavy atom. The number of nitrogens with zero attached hydrogens (tertiary/aromatic N) is 3. The van der Waals surface area contributed by atoms with E-state index >= 15 is 0 Å². The third-order valence-corrected chi connectivity index (χ3v) is 4.72. The van der Waals surface area contributed by atoms with E-state index in [-0.39, 0.29) is 17.5 Å². The molecule has 2 aromatic rings. The molecule has 3 rings (SSSR count). The highest BCUT2D eigenvalue weighted by Gasteiger charge is 2.28. The number of amides is 1. The van der Waals surface area contributed by atoms with E-state index in [1.807, 2.05) is 11.4 Å². The molecule has 0 spiro atoms. The topological polar surface area (TPSA) is 85.6 Å². The number of ether oxygens (including phenoxy) is 1. The Kier molecular flexibility index (Phi) is 4.24. The van der Waals surface area contributed by atoms with Gasteiger partial charge in [-0.15, -0.1) is 11.3 Å². The maximum Gasteiger partial charge on any atom is 0.406 e. The van der Waals surface area contributed by atoms with Gasteiger partial charge in [-0.3, -0.25) is 4.79 Å². The highest BCUT2D eigenvalue weighted by Crippen LogP contribution is 2.27. The molecule has 1 atom stereocenters. The molecule has 0 saturated heterocycles. The lowest BCUT2D eigenvalue weighted by Gasteiger charge is -2.29. The van der Waals surface area contributed by atoms with E-state index in [0.29, 0.717) is 13.1 Å². The first-order valence-corrected chi connectivity index (χ1v) is 8.04. The molecule has 1 amide bonds. The molecule has 120 valence electrons. The van der Waals surface area contributed by atoms with Crippen molar-refractivity contribution in [1.82, 2.24) is 9.88 Å². The second-order valence-electron chi connectivity index (χ2n) is 5.22. The molecule has 0 aromatic carbocycles. The smallest absolute Gasteiger partial charge is 0.406 e. The lowest BCUT2D eigenvalue weighted by atomic mass is 10.1. The molecular formula is C15H15N3O4S. The van der Waals surface area contributed by atoms with Crippen LogP contribution in [0.4, 0.5) is 5.82 Å². The first kappa shape index (κ1) is 15.4. The molecule has 0 saturated carbocycles. The summed E-state index contributed by atoms with van der Waals surface area (Å²) in [4.78, 5) is 29.6. The third kappa shape index (κ3) is 3.16. The van der Waals surface area contributed by atoms with Crippen LogP contribution in [0.5, 0.6) is 5.75 Å². The van der Waals surface area contributed by atoms with Crippen LogP contribution < -0.4 is 4.74 Å². The predicted molar refractivity (Wildman–Crippen MR) is 84.4 cm³/mol. The average molecular weight is 333 g/mol. The van der Waals surface area contributed by atoms with Crippen molar-refractivity contribution < 1.29 is 14.5 Å². The van der Waals surface area contributed by atoms with Crippen molar-refractivity contribution >= 4 is 23.1 Å². The van der Waals surface area contributed by atoms with Gasteiger partial charge in [-0.25, -0.2) is 0 Å². The SMILES string of the molecule is CC(Oc1cccnc1[N+](=O)[O-])C(=O)N1CCc2sccc2C1. The Morgan fingerprint density at radius 3 is 3.13 bits per heavy atom. The highest BCUT2D eigenvalue weighted by molar-refractivity contribution is 7.10. The van der Waals surface area contributed by atoms with Crippen molar-refractivity contribution in [1.29, 1.82) is 0 Å². The largest absolute Gasteiger partial charge is 0.473 e. The maximum absolute atomic E-state index is 12.5. The number of pyridine rings is 1. The molecule has 8 heteroatoms. The van der Waals surface area contributed by atoms with Crippen LogP contribution in [-0.2, 0) is 17.8 Å². The number of hydrogen-bond acceptors (Lipinski definition) is 6. The van der Waals surface area contributed by atoms with Gasteiger partial charge in [-0.05, 0) is 52.4 Å². The van der Waals surface area contributed by atoms with E-state index < -0.39 is 11.0 Å². The standard InChI is InChI=1S/C15H15N3O4S/c1-10(22-12-3-2-6-16-14(12)18(20)21)15(19)17-7-4-13-11(9-17)5-8-23-13/h2-3,5-6,8,10H,4,7,9H2,1H3. The second-order valence-corrected chi connectivity index (χ2v) is 6.22. The molecule has 0 aliphatic carbocycles. The number of carbonyl (C=O) groups excluding carboxylic acids is 1. The first-order chi connectivity index (χ1) is 11.1. The normalized spacial score (nSPS) is 14.9. The van der Waals surface area contributed by atoms with Gasteiger partial charge in [-0.1, -0.05) is 0 Å². The molecule has 0 fully saturated rings. The summed E-state index contributed by atoms with van der Waals surface area (Å²) in [5.74, 6) is -0.558. The van der Waals surface area contributed by atoms with Crippen molar-refractivity contribution in [2.24, 2.45) is 0 Å². The summed E-state index contributed by atoms with van der Waals surface area (Å²) in [6.45, 7) is 2.79. The summed E-state index contributed by atoms with van der Waals surface area (Å²) in [5.41, 5.74) is 1.16. The molecule has 0 radical (unpaired) electrons. The monoisotopic (exact) mass is 333 g/mol. The summed E-state index contributed by atoms with van der Waals surface area (Å²) in [7, 11) is 0. The average Bonchev–Trinajstić information content (AvgIpc) is 3.01. The van der Waals surface area contributed by atoms with E-state index in [1.54, 1.807) is 23.2 Å². The van der Waals surface area contributed by atoms with Crippen LogP contribution in [0.3, 0.4) is 0 Å². The van der Waals surface area contributed by atoms with Crippen molar-refractivity contribution in [2.75, 3.05) is 6.54 Å². The fraction of sp³-hybridized carbons (Fsp3) is 0.333. The number of fused-ring (bicyclic) bond motifs is 1. The number of rotatable bonds is 4. The van der Waals surface area contributed by atoms with Gasteiger partial charge < -0.3 is 19.8 Å². The quantitative estimate of drug-likeness (QED) is 0.633. The fourth-order valence-corrected chi connectivity index (χ4v) is 3.44. The minimum absolute atomic E-state index is 0.00609. The van der Waals surface area contributed by atoms with E-state index in [1.165, 1.54) is 23.2 Å². The van der Waals surface area contributed by atoms with Gasteiger partial charge in [0.1, 0.15) is 6.20 Å². The maximum atomic E-state index is 12.5. The van der Waals surface area contributed by atoms with Gasteiger partial charge in [0.2, 0.25) is 5.75 Å². The Labute approximate surface area is 136 Å². The summed E-state index contributed by atoms with van der Waals surface area (Å²) in [6.07, 6.45) is 1.34. The minimum Gasteiger partial charge on any atom is -0.473 e. The van der Waals surface area contributed by atoms with E-state index in [0.717, 1.165) is 12.0 Å². The van der Waals surface area contributed by atoms with Crippen LogP contribution in [0.1, 0.15) is 17.4 Å². The lowest BCUT2D eigenvalue weighted by Crippen LogP contribution is -2.42. The molecule has 7 nitrogen and oxygen atoms in total. The Bertz CT molecular complexity index is 746. The fourth-order valence-electron chi connectivity index (χ4n) is 2.55. The van der Waals surface area contributed by atoms with Gasteiger partial charge in [0.25, 0.3) is 5.91 Å². The summed E-state index contributed by atoms with van der Waals surface area (Å²) >= 11 is 1.70. The van der Waals surface area contributed by atoms with Crippen LogP contribution in [0.25, 0.3) is 0 Å². The van der Waals surface area contributed by atoms with Crippen LogP contribution >= 0.6 is 11.3 Å². The minimum atomic E-state index is -0.807. The zero-order chi connectivity index (χ0) is 16.4. The highest BCUT2D eigenvalue weighted by atomic mass is 32.1. The molecule has 0 N–H and O–H groups in total. The van der Waals surface area contributed by atoms with Crippen molar-refractivity contribution in [2.45, 2.75) is 26.0 Å². The Hall–Kier alpha value is -2.48. The van der Waals surface area contributed by atoms with Crippen molar-refractivity contribution in [3.8, 4) is 5.75 Å². The molecule has 1 aliphatic heterocycles. The van der Waals surface area contributed by atoms with Gasteiger partial charge >= 0.3 is 5.82 Å². The molecular weight excluding hydrogens is 318 g/mol. The van der Waals surface area contributed by atoms with Crippen LogP contribution in [0, 0.1) is 10.1 Å². The molecule has 3 heterocycles. The van der Waals surface area contributed by atoms with Crippen LogP contribution in [0.15, 0.2) is 29.8 Å². The first-order valence-electron chi connectivity index (χ1n) is 7.16. The summed E-state index contributed by atoms with van der Waals surface area (Å²) in [6, 6.07) is 5.01. The zero-order valence-corrected chi connectivity index (χ0v) is 13.3. The van der Waals surface area contributed by atoms with E-state index in [4.69, 9.17) is 4.74 Å². The van der Waals surface area contributed by atoms with Gasteiger partial charge in [-0.2, -0.15) is 0 Å². The predicted octanol–water partition coefficient (Wildman–Crippen LogP) is 2.40. The van der Waals surface area contributed by atoms with Crippen molar-refractivity contribution in [3.05, 3.63) is 50.3 Å².